The first-order valence-corrected chi connectivity index (χ1v) is 8.29. The molecule has 6 heteroatoms. The number of carboxylic acid groups (broad SMARTS) is 1. The fraction of sp³-hybridized carbons (Fsp3) is 0.316. The first kappa shape index (κ1) is 17.0. The van der Waals surface area contributed by atoms with E-state index in [1.165, 1.54) is 0 Å². The van der Waals surface area contributed by atoms with Crippen LogP contribution in [-0.4, -0.2) is 40.0 Å². The number of aromatic nitrogens is 1. The lowest BCUT2D eigenvalue weighted by Gasteiger charge is -2.35. The second kappa shape index (κ2) is 6.93. The predicted molar refractivity (Wildman–Crippen MR) is 94.9 cm³/mol. The summed E-state index contributed by atoms with van der Waals surface area (Å²) in [5.74, 6) is -1.51. The average Bonchev–Trinajstić information content (AvgIpc) is 2.61. The van der Waals surface area contributed by atoms with Crippen LogP contribution in [0.4, 0.5) is 5.69 Å². The molecule has 1 aromatic carbocycles. The van der Waals surface area contributed by atoms with E-state index >= 15 is 0 Å². The number of carboxylic acids is 1. The SMILES string of the molecule is CC1CC(C(=O)O)CN(C(=O)c2ccnc(-c3ccccc3)c2N)C1. The minimum Gasteiger partial charge on any atom is -0.481 e. The van der Waals surface area contributed by atoms with Crippen molar-refractivity contribution < 1.29 is 14.7 Å². The predicted octanol–water partition coefficient (Wildman–Crippen LogP) is 2.51. The van der Waals surface area contributed by atoms with Gasteiger partial charge in [-0.15, -0.1) is 0 Å². The van der Waals surface area contributed by atoms with Gasteiger partial charge in [0, 0.05) is 24.8 Å². The molecular weight excluding hydrogens is 318 g/mol. The number of anilines is 1. The molecule has 0 saturated carbocycles. The fourth-order valence-corrected chi connectivity index (χ4v) is 3.35. The van der Waals surface area contributed by atoms with Gasteiger partial charge in [0.1, 0.15) is 0 Å². The maximum atomic E-state index is 12.9. The van der Waals surface area contributed by atoms with Crippen molar-refractivity contribution in [1.29, 1.82) is 0 Å². The van der Waals surface area contributed by atoms with Gasteiger partial charge < -0.3 is 15.7 Å². The van der Waals surface area contributed by atoms with Gasteiger partial charge in [0.25, 0.3) is 5.91 Å². The third kappa shape index (κ3) is 3.47. The van der Waals surface area contributed by atoms with Crippen LogP contribution in [0.3, 0.4) is 0 Å². The molecule has 2 heterocycles. The van der Waals surface area contributed by atoms with Crippen LogP contribution in [0.5, 0.6) is 0 Å². The van der Waals surface area contributed by atoms with E-state index in [1.54, 1.807) is 17.2 Å². The zero-order chi connectivity index (χ0) is 18.0. The maximum Gasteiger partial charge on any atom is 0.308 e. The van der Waals surface area contributed by atoms with E-state index in [0.717, 1.165) is 5.56 Å². The lowest BCUT2D eigenvalue weighted by molar-refractivity contribution is -0.143. The van der Waals surface area contributed by atoms with E-state index in [1.807, 2.05) is 37.3 Å². The van der Waals surface area contributed by atoms with Gasteiger partial charge in [-0.25, -0.2) is 0 Å². The molecule has 1 fully saturated rings. The van der Waals surface area contributed by atoms with Crippen molar-refractivity contribution >= 4 is 17.6 Å². The standard InChI is InChI=1S/C19H21N3O3/c1-12-9-14(19(24)25)11-22(10-12)18(23)15-7-8-21-17(16(15)20)13-5-3-2-4-6-13/h2-8,12,14H,9-11,20H2,1H3,(H,24,25). The lowest BCUT2D eigenvalue weighted by Crippen LogP contribution is -2.45. The summed E-state index contributed by atoms with van der Waals surface area (Å²) in [6.07, 6.45) is 2.15. The summed E-state index contributed by atoms with van der Waals surface area (Å²) in [5.41, 5.74) is 8.32. The normalized spacial score (nSPS) is 20.3. The molecule has 3 N–H and O–H groups in total. The number of carbonyl (C=O) groups is 2. The maximum absolute atomic E-state index is 12.9. The van der Waals surface area contributed by atoms with Crippen molar-refractivity contribution in [2.24, 2.45) is 11.8 Å². The highest BCUT2D eigenvalue weighted by molar-refractivity contribution is 6.02. The van der Waals surface area contributed by atoms with E-state index in [-0.39, 0.29) is 18.4 Å². The molecule has 1 aliphatic rings. The summed E-state index contributed by atoms with van der Waals surface area (Å²) in [6.45, 7) is 2.70. The summed E-state index contributed by atoms with van der Waals surface area (Å²) in [6, 6.07) is 11.0. The van der Waals surface area contributed by atoms with Crippen molar-refractivity contribution in [1.82, 2.24) is 9.88 Å². The zero-order valence-electron chi connectivity index (χ0n) is 14.1. The second-order valence-corrected chi connectivity index (χ2v) is 6.57. The molecule has 1 saturated heterocycles. The fourth-order valence-electron chi connectivity index (χ4n) is 3.35. The number of carbonyl (C=O) groups excluding carboxylic acids is 1. The number of piperidine rings is 1. The van der Waals surface area contributed by atoms with E-state index in [0.29, 0.717) is 29.9 Å². The Morgan fingerprint density at radius 3 is 2.60 bits per heavy atom. The van der Waals surface area contributed by atoms with Crippen molar-refractivity contribution in [2.75, 3.05) is 18.8 Å². The summed E-state index contributed by atoms with van der Waals surface area (Å²) < 4.78 is 0. The van der Waals surface area contributed by atoms with Crippen molar-refractivity contribution in [3.05, 3.63) is 48.2 Å². The summed E-state index contributed by atoms with van der Waals surface area (Å²) in [7, 11) is 0. The van der Waals surface area contributed by atoms with E-state index in [9.17, 15) is 14.7 Å². The number of hydrogen-bond donors (Lipinski definition) is 2. The summed E-state index contributed by atoms with van der Waals surface area (Å²) in [4.78, 5) is 30.2. The number of rotatable bonds is 3. The topological polar surface area (TPSA) is 96.5 Å². The van der Waals surface area contributed by atoms with Crippen molar-refractivity contribution in [3.8, 4) is 11.3 Å². The highest BCUT2D eigenvalue weighted by atomic mass is 16.4. The third-order valence-corrected chi connectivity index (χ3v) is 4.56. The first-order chi connectivity index (χ1) is 12.0. The first-order valence-electron chi connectivity index (χ1n) is 8.29. The number of likely N-dealkylation sites (tertiary alicyclic amines) is 1. The smallest absolute Gasteiger partial charge is 0.308 e. The lowest BCUT2D eigenvalue weighted by atomic mass is 9.90. The quantitative estimate of drug-likeness (QED) is 0.895. The molecule has 0 aliphatic carbocycles. The number of benzene rings is 1. The van der Waals surface area contributed by atoms with Crippen LogP contribution in [0, 0.1) is 11.8 Å². The minimum absolute atomic E-state index is 0.135. The van der Waals surface area contributed by atoms with E-state index in [2.05, 4.69) is 4.98 Å². The van der Waals surface area contributed by atoms with Crippen LogP contribution in [0.1, 0.15) is 23.7 Å². The number of nitrogens with zero attached hydrogens (tertiary/aromatic N) is 2. The highest BCUT2D eigenvalue weighted by Crippen LogP contribution is 2.29. The Morgan fingerprint density at radius 1 is 1.20 bits per heavy atom. The van der Waals surface area contributed by atoms with Crippen LogP contribution in [0.15, 0.2) is 42.6 Å². The Morgan fingerprint density at radius 2 is 1.92 bits per heavy atom. The molecule has 0 radical (unpaired) electrons. The molecule has 2 unspecified atom stereocenters. The third-order valence-electron chi connectivity index (χ3n) is 4.56. The Hall–Kier alpha value is -2.89. The number of amides is 1. The molecular formula is C19H21N3O3. The number of hydrogen-bond acceptors (Lipinski definition) is 4. The van der Waals surface area contributed by atoms with Gasteiger partial charge in [-0.2, -0.15) is 0 Å². The number of nitrogens with two attached hydrogens (primary N) is 1. The highest BCUT2D eigenvalue weighted by Gasteiger charge is 2.33. The number of aliphatic carboxylic acids is 1. The Labute approximate surface area is 146 Å². The molecule has 130 valence electrons. The molecule has 1 aromatic heterocycles. The van der Waals surface area contributed by atoms with Gasteiger partial charge in [0.2, 0.25) is 0 Å². The largest absolute Gasteiger partial charge is 0.481 e. The monoisotopic (exact) mass is 339 g/mol. The van der Waals surface area contributed by atoms with Gasteiger partial charge in [0.05, 0.1) is 22.9 Å². The van der Waals surface area contributed by atoms with Crippen LogP contribution >= 0.6 is 0 Å². The van der Waals surface area contributed by atoms with Gasteiger partial charge in [-0.1, -0.05) is 37.3 Å². The van der Waals surface area contributed by atoms with Crippen LogP contribution in [-0.2, 0) is 4.79 Å². The van der Waals surface area contributed by atoms with E-state index in [4.69, 9.17) is 5.73 Å². The number of nitrogen functional groups attached to an aromatic ring is 1. The zero-order valence-corrected chi connectivity index (χ0v) is 14.1. The molecule has 6 nitrogen and oxygen atoms in total. The molecule has 1 aliphatic heterocycles. The van der Waals surface area contributed by atoms with E-state index < -0.39 is 11.9 Å². The van der Waals surface area contributed by atoms with Crippen LogP contribution in [0.25, 0.3) is 11.3 Å². The molecule has 0 spiro atoms. The van der Waals surface area contributed by atoms with Crippen molar-refractivity contribution in [2.45, 2.75) is 13.3 Å². The summed E-state index contributed by atoms with van der Waals surface area (Å²) in [5, 5.41) is 9.30. The minimum atomic E-state index is -0.864. The molecule has 0 bridgehead atoms. The summed E-state index contributed by atoms with van der Waals surface area (Å²) >= 11 is 0. The molecule has 1 amide bonds. The molecule has 25 heavy (non-hydrogen) atoms. The number of pyridine rings is 1. The van der Waals surface area contributed by atoms with Gasteiger partial charge >= 0.3 is 5.97 Å². The Kier molecular flexibility index (Phi) is 4.70. The Balaban J connectivity index is 1.91. The van der Waals surface area contributed by atoms with Crippen LogP contribution in [0.2, 0.25) is 0 Å². The van der Waals surface area contributed by atoms with Gasteiger partial charge in [-0.05, 0) is 18.4 Å². The molecule has 2 aromatic rings. The second-order valence-electron chi connectivity index (χ2n) is 6.57. The van der Waals surface area contributed by atoms with Gasteiger partial charge in [-0.3, -0.25) is 14.6 Å². The average molecular weight is 339 g/mol. The molecule has 3 rings (SSSR count). The van der Waals surface area contributed by atoms with Gasteiger partial charge in [0.15, 0.2) is 0 Å². The molecule has 2 atom stereocenters. The Bertz CT molecular complexity index is 792. The van der Waals surface area contributed by atoms with Crippen LogP contribution < -0.4 is 5.73 Å². The van der Waals surface area contributed by atoms with Crippen molar-refractivity contribution in [3.63, 3.8) is 0 Å².